The maximum absolute atomic E-state index is 13.4. The van der Waals surface area contributed by atoms with Gasteiger partial charge in [0.1, 0.15) is 0 Å². The summed E-state index contributed by atoms with van der Waals surface area (Å²) in [7, 11) is 0. The molecule has 0 spiro atoms. The number of nitrogens with zero attached hydrogens (tertiary/aromatic N) is 3. The molecule has 4 rings (SSSR count). The van der Waals surface area contributed by atoms with Crippen molar-refractivity contribution in [1.82, 2.24) is 14.7 Å². The summed E-state index contributed by atoms with van der Waals surface area (Å²) in [6, 6.07) is 9.96. The van der Waals surface area contributed by atoms with Gasteiger partial charge in [-0.3, -0.25) is 9.48 Å². The molecular weight excluding hydrogens is 326 g/mol. The number of hydrogen-bond donors (Lipinski definition) is 1. The van der Waals surface area contributed by atoms with Crippen LogP contribution in [0.25, 0.3) is 0 Å². The highest BCUT2D eigenvalue weighted by molar-refractivity contribution is 5.95. The minimum Gasteiger partial charge on any atom is -0.391 e. The van der Waals surface area contributed by atoms with Crippen LogP contribution in [0.2, 0.25) is 0 Å². The van der Waals surface area contributed by atoms with E-state index in [0.29, 0.717) is 18.9 Å². The number of rotatable bonds is 5. The van der Waals surface area contributed by atoms with E-state index in [2.05, 4.69) is 17.2 Å². The van der Waals surface area contributed by atoms with Gasteiger partial charge < -0.3 is 10.0 Å². The Hall–Kier alpha value is -2.14. The lowest BCUT2D eigenvalue weighted by Gasteiger charge is -2.39. The SMILES string of the molecule is CCn1cc(C(=O)N2CCC[C@H](O)[C@@H]2Cc2ccccc2)c(C2CC2)n1. The predicted molar refractivity (Wildman–Crippen MR) is 100 cm³/mol. The molecule has 0 bridgehead atoms. The molecule has 1 aromatic carbocycles. The molecule has 2 aliphatic rings. The number of likely N-dealkylation sites (tertiary alicyclic amines) is 1. The minimum absolute atomic E-state index is 0.0336. The van der Waals surface area contributed by atoms with Crippen LogP contribution in [0.1, 0.15) is 60.1 Å². The van der Waals surface area contributed by atoms with Gasteiger partial charge in [-0.05, 0) is 44.6 Å². The molecule has 2 heterocycles. The predicted octanol–water partition coefficient (Wildman–Crippen LogP) is 2.99. The first-order valence-corrected chi connectivity index (χ1v) is 9.77. The average Bonchev–Trinajstić information content (AvgIpc) is 3.42. The summed E-state index contributed by atoms with van der Waals surface area (Å²) in [5.74, 6) is 0.468. The van der Waals surface area contributed by atoms with E-state index in [1.54, 1.807) is 0 Å². The lowest BCUT2D eigenvalue weighted by atomic mass is 9.92. The fraction of sp³-hybridized carbons (Fsp3) is 0.524. The third-order valence-electron chi connectivity index (χ3n) is 5.60. The van der Waals surface area contributed by atoms with E-state index in [4.69, 9.17) is 0 Å². The van der Waals surface area contributed by atoms with E-state index in [1.807, 2.05) is 40.9 Å². The summed E-state index contributed by atoms with van der Waals surface area (Å²) in [6.07, 6.45) is 5.96. The normalized spacial score (nSPS) is 23.2. The molecule has 2 fully saturated rings. The van der Waals surface area contributed by atoms with Crippen LogP contribution in [0.15, 0.2) is 36.5 Å². The van der Waals surface area contributed by atoms with E-state index in [9.17, 15) is 9.90 Å². The first-order chi connectivity index (χ1) is 12.7. The molecule has 0 radical (unpaired) electrons. The molecule has 1 aromatic heterocycles. The van der Waals surface area contributed by atoms with Crippen molar-refractivity contribution in [3.8, 4) is 0 Å². The van der Waals surface area contributed by atoms with Crippen LogP contribution in [0, 0.1) is 0 Å². The van der Waals surface area contributed by atoms with E-state index in [1.165, 1.54) is 0 Å². The largest absolute Gasteiger partial charge is 0.391 e. The second-order valence-electron chi connectivity index (χ2n) is 7.52. The van der Waals surface area contributed by atoms with Crippen molar-refractivity contribution in [2.75, 3.05) is 6.54 Å². The van der Waals surface area contributed by atoms with E-state index >= 15 is 0 Å². The Morgan fingerprint density at radius 1 is 1.23 bits per heavy atom. The summed E-state index contributed by atoms with van der Waals surface area (Å²) >= 11 is 0. The number of carbonyl (C=O) groups is 1. The van der Waals surface area contributed by atoms with Gasteiger partial charge in [0.15, 0.2) is 0 Å². The number of hydrogen-bond acceptors (Lipinski definition) is 3. The number of aryl methyl sites for hydroxylation is 1. The molecule has 1 saturated carbocycles. The molecular formula is C21H27N3O2. The highest BCUT2D eigenvalue weighted by Gasteiger charge is 2.37. The van der Waals surface area contributed by atoms with Crippen molar-refractivity contribution < 1.29 is 9.90 Å². The average molecular weight is 353 g/mol. The van der Waals surface area contributed by atoms with Crippen LogP contribution in [0.5, 0.6) is 0 Å². The van der Waals surface area contributed by atoms with Crippen molar-refractivity contribution in [1.29, 1.82) is 0 Å². The van der Waals surface area contributed by atoms with Gasteiger partial charge in [-0.15, -0.1) is 0 Å². The van der Waals surface area contributed by atoms with Crippen molar-refractivity contribution in [2.24, 2.45) is 0 Å². The zero-order chi connectivity index (χ0) is 18.1. The lowest BCUT2D eigenvalue weighted by molar-refractivity contribution is 0.0118. The van der Waals surface area contributed by atoms with Crippen LogP contribution in [-0.4, -0.2) is 44.4 Å². The second-order valence-corrected chi connectivity index (χ2v) is 7.52. The van der Waals surface area contributed by atoms with Crippen molar-refractivity contribution >= 4 is 5.91 Å². The van der Waals surface area contributed by atoms with Crippen molar-refractivity contribution in [3.63, 3.8) is 0 Å². The molecule has 138 valence electrons. The molecule has 1 aliphatic carbocycles. The van der Waals surface area contributed by atoms with Crippen LogP contribution in [-0.2, 0) is 13.0 Å². The van der Waals surface area contributed by atoms with Crippen LogP contribution >= 0.6 is 0 Å². The maximum atomic E-state index is 13.4. The molecule has 1 aliphatic heterocycles. The Bertz CT molecular complexity index is 767. The van der Waals surface area contributed by atoms with Crippen LogP contribution < -0.4 is 0 Å². The third-order valence-corrected chi connectivity index (χ3v) is 5.60. The first kappa shape index (κ1) is 17.3. The standard InChI is InChI=1S/C21H27N3O2/c1-2-23-14-17(20(22-23)16-10-11-16)21(26)24-12-6-9-19(25)18(24)13-15-7-4-3-5-8-15/h3-5,7-8,14,16,18-19,25H,2,6,9-13H2,1H3/t18-,19-/m0/s1. The molecule has 5 heteroatoms. The van der Waals surface area contributed by atoms with Crippen LogP contribution in [0.4, 0.5) is 0 Å². The Balaban J connectivity index is 1.61. The zero-order valence-corrected chi connectivity index (χ0v) is 15.3. The van der Waals surface area contributed by atoms with E-state index < -0.39 is 6.10 Å². The summed E-state index contributed by atoms with van der Waals surface area (Å²) in [5, 5.41) is 15.3. The quantitative estimate of drug-likeness (QED) is 0.899. The number of aromatic nitrogens is 2. The van der Waals surface area contributed by atoms with Crippen molar-refractivity contribution in [2.45, 2.75) is 63.6 Å². The number of carbonyl (C=O) groups excluding carboxylic acids is 1. The molecule has 1 saturated heterocycles. The van der Waals surface area contributed by atoms with Gasteiger partial charge in [0, 0.05) is 25.2 Å². The molecule has 0 unspecified atom stereocenters. The lowest BCUT2D eigenvalue weighted by Crippen LogP contribution is -2.52. The summed E-state index contributed by atoms with van der Waals surface area (Å²) < 4.78 is 1.87. The van der Waals surface area contributed by atoms with Gasteiger partial charge in [0.2, 0.25) is 0 Å². The first-order valence-electron chi connectivity index (χ1n) is 9.77. The highest BCUT2D eigenvalue weighted by atomic mass is 16.3. The second kappa shape index (κ2) is 7.23. The molecule has 2 aromatic rings. The van der Waals surface area contributed by atoms with Gasteiger partial charge in [-0.2, -0.15) is 5.10 Å². The van der Waals surface area contributed by atoms with Gasteiger partial charge in [-0.1, -0.05) is 30.3 Å². The number of aliphatic hydroxyl groups is 1. The summed E-state index contributed by atoms with van der Waals surface area (Å²) in [4.78, 5) is 15.3. The van der Waals surface area contributed by atoms with E-state index in [0.717, 1.165) is 49.0 Å². The number of aliphatic hydroxyl groups excluding tert-OH is 1. The van der Waals surface area contributed by atoms with Crippen molar-refractivity contribution in [3.05, 3.63) is 53.3 Å². The fourth-order valence-corrected chi connectivity index (χ4v) is 3.97. The van der Waals surface area contributed by atoms with Crippen LogP contribution in [0.3, 0.4) is 0 Å². The summed E-state index contributed by atoms with van der Waals surface area (Å²) in [5.41, 5.74) is 2.85. The smallest absolute Gasteiger partial charge is 0.257 e. The maximum Gasteiger partial charge on any atom is 0.257 e. The van der Waals surface area contributed by atoms with Gasteiger partial charge >= 0.3 is 0 Å². The Labute approximate surface area is 154 Å². The number of amides is 1. The van der Waals surface area contributed by atoms with Gasteiger partial charge in [0.05, 0.1) is 23.4 Å². The minimum atomic E-state index is -0.474. The topological polar surface area (TPSA) is 58.4 Å². The molecule has 5 nitrogen and oxygen atoms in total. The van der Waals surface area contributed by atoms with E-state index in [-0.39, 0.29) is 11.9 Å². The Kier molecular flexibility index (Phi) is 4.81. The molecule has 1 N–H and O–H groups in total. The monoisotopic (exact) mass is 353 g/mol. The van der Waals surface area contributed by atoms with Gasteiger partial charge in [-0.25, -0.2) is 0 Å². The Morgan fingerprint density at radius 2 is 2.00 bits per heavy atom. The summed E-state index contributed by atoms with van der Waals surface area (Å²) in [6.45, 7) is 3.51. The third kappa shape index (κ3) is 3.40. The zero-order valence-electron chi connectivity index (χ0n) is 15.3. The highest BCUT2D eigenvalue weighted by Crippen LogP contribution is 2.41. The number of piperidine rings is 1. The molecule has 1 amide bonds. The number of benzene rings is 1. The van der Waals surface area contributed by atoms with Gasteiger partial charge in [0.25, 0.3) is 5.91 Å². The Morgan fingerprint density at radius 3 is 2.69 bits per heavy atom. The fourth-order valence-electron chi connectivity index (χ4n) is 3.97. The molecule has 2 atom stereocenters. The molecule has 26 heavy (non-hydrogen) atoms.